The van der Waals surface area contributed by atoms with Crippen LogP contribution in [0.2, 0.25) is 0 Å². The van der Waals surface area contributed by atoms with E-state index in [2.05, 4.69) is 20.6 Å². The lowest BCUT2D eigenvalue weighted by atomic mass is 10.1. The molecule has 0 atom stereocenters. The minimum absolute atomic E-state index is 0.173. The van der Waals surface area contributed by atoms with Gasteiger partial charge in [0.25, 0.3) is 0 Å². The molecule has 6 heteroatoms. The van der Waals surface area contributed by atoms with Crippen LogP contribution in [0.25, 0.3) is 22.5 Å². The monoisotopic (exact) mass is 398 g/mol. The standard InChI is InChI=1S/C24H19FN4O/c1-16-7-9-18(10-8-16)22-15-21(17-5-3-2-4-6-17)27-23(28-22)29-24(30)26-20-13-11-19(25)12-14-20/h2-15H,1H3,(H2,26,27,28,29,30). The van der Waals surface area contributed by atoms with Crippen molar-refractivity contribution >= 4 is 17.7 Å². The van der Waals surface area contributed by atoms with Gasteiger partial charge >= 0.3 is 6.03 Å². The highest BCUT2D eigenvalue weighted by molar-refractivity contribution is 5.98. The Kier molecular flexibility index (Phi) is 5.48. The highest BCUT2D eigenvalue weighted by atomic mass is 19.1. The molecule has 4 rings (SSSR count). The maximum atomic E-state index is 13.1. The van der Waals surface area contributed by atoms with Crippen molar-refractivity contribution in [2.45, 2.75) is 6.92 Å². The molecule has 30 heavy (non-hydrogen) atoms. The topological polar surface area (TPSA) is 66.9 Å². The first-order valence-electron chi connectivity index (χ1n) is 9.42. The number of halogens is 1. The van der Waals surface area contributed by atoms with Crippen LogP contribution in [0.4, 0.5) is 20.8 Å². The molecule has 1 heterocycles. The van der Waals surface area contributed by atoms with Crippen molar-refractivity contribution in [3.63, 3.8) is 0 Å². The number of hydrogen-bond donors (Lipinski definition) is 2. The van der Waals surface area contributed by atoms with E-state index in [0.29, 0.717) is 17.1 Å². The first-order chi connectivity index (χ1) is 14.6. The summed E-state index contributed by atoms with van der Waals surface area (Å²) in [6.07, 6.45) is 0. The molecule has 0 fully saturated rings. The molecular weight excluding hydrogens is 379 g/mol. The van der Waals surface area contributed by atoms with Crippen LogP contribution in [0.1, 0.15) is 5.56 Å². The summed E-state index contributed by atoms with van der Waals surface area (Å²) in [4.78, 5) is 21.4. The van der Waals surface area contributed by atoms with Gasteiger partial charge in [0.2, 0.25) is 5.95 Å². The molecule has 0 aliphatic carbocycles. The van der Waals surface area contributed by atoms with Crippen molar-refractivity contribution in [3.05, 3.63) is 96.3 Å². The molecular formula is C24H19FN4O. The molecule has 0 saturated heterocycles. The number of rotatable bonds is 4. The Hall–Kier alpha value is -4.06. The molecule has 2 amide bonds. The van der Waals surface area contributed by atoms with E-state index in [4.69, 9.17) is 0 Å². The van der Waals surface area contributed by atoms with Crippen LogP contribution >= 0.6 is 0 Å². The number of benzene rings is 3. The average molecular weight is 398 g/mol. The Morgan fingerprint density at radius 1 is 0.767 bits per heavy atom. The molecule has 4 aromatic rings. The molecule has 0 saturated carbocycles. The Balaban J connectivity index is 1.65. The third kappa shape index (κ3) is 4.67. The fourth-order valence-electron chi connectivity index (χ4n) is 2.93. The van der Waals surface area contributed by atoms with Gasteiger partial charge in [0.05, 0.1) is 11.4 Å². The molecule has 0 bridgehead atoms. The van der Waals surface area contributed by atoms with Crippen LogP contribution in [0.3, 0.4) is 0 Å². The zero-order chi connectivity index (χ0) is 20.9. The smallest absolute Gasteiger partial charge is 0.308 e. The van der Waals surface area contributed by atoms with E-state index in [1.807, 2.05) is 67.6 Å². The van der Waals surface area contributed by atoms with Gasteiger partial charge in [-0.25, -0.2) is 19.2 Å². The van der Waals surface area contributed by atoms with E-state index in [1.54, 1.807) is 0 Å². The van der Waals surface area contributed by atoms with Crippen LogP contribution < -0.4 is 10.6 Å². The molecule has 0 aliphatic rings. The van der Waals surface area contributed by atoms with Gasteiger partial charge in [0.1, 0.15) is 5.82 Å². The molecule has 2 N–H and O–H groups in total. The summed E-state index contributed by atoms with van der Waals surface area (Å²) in [6.45, 7) is 2.02. The summed E-state index contributed by atoms with van der Waals surface area (Å²) in [5.41, 5.74) is 4.83. The van der Waals surface area contributed by atoms with E-state index in [-0.39, 0.29) is 11.8 Å². The molecule has 0 unspecified atom stereocenters. The van der Waals surface area contributed by atoms with E-state index in [0.717, 1.165) is 16.7 Å². The number of aryl methyl sites for hydroxylation is 1. The van der Waals surface area contributed by atoms with E-state index < -0.39 is 6.03 Å². The third-order valence-corrected chi connectivity index (χ3v) is 4.47. The van der Waals surface area contributed by atoms with Gasteiger partial charge < -0.3 is 5.32 Å². The van der Waals surface area contributed by atoms with Gasteiger partial charge in [-0.1, -0.05) is 60.2 Å². The number of amides is 2. The number of aromatic nitrogens is 2. The zero-order valence-corrected chi connectivity index (χ0v) is 16.3. The quantitative estimate of drug-likeness (QED) is 0.450. The van der Waals surface area contributed by atoms with Crippen molar-refractivity contribution < 1.29 is 9.18 Å². The SMILES string of the molecule is Cc1ccc(-c2cc(-c3ccccc3)nc(NC(=O)Nc3ccc(F)cc3)n2)cc1. The van der Waals surface area contributed by atoms with Crippen LogP contribution in [-0.4, -0.2) is 16.0 Å². The van der Waals surface area contributed by atoms with Gasteiger partial charge in [-0.2, -0.15) is 0 Å². The van der Waals surface area contributed by atoms with Gasteiger partial charge in [0, 0.05) is 16.8 Å². The highest BCUT2D eigenvalue weighted by Crippen LogP contribution is 2.25. The van der Waals surface area contributed by atoms with E-state index >= 15 is 0 Å². The van der Waals surface area contributed by atoms with Gasteiger partial charge in [-0.15, -0.1) is 0 Å². The summed E-state index contributed by atoms with van der Waals surface area (Å²) < 4.78 is 13.1. The van der Waals surface area contributed by atoms with E-state index in [1.165, 1.54) is 24.3 Å². The van der Waals surface area contributed by atoms with Gasteiger partial charge in [-0.05, 0) is 37.3 Å². The summed E-state index contributed by atoms with van der Waals surface area (Å²) in [5.74, 6) is -0.200. The lowest BCUT2D eigenvalue weighted by Gasteiger charge is -2.11. The van der Waals surface area contributed by atoms with Crippen molar-refractivity contribution in [2.75, 3.05) is 10.6 Å². The Morgan fingerprint density at radius 2 is 1.37 bits per heavy atom. The van der Waals surface area contributed by atoms with Crippen LogP contribution in [0.5, 0.6) is 0 Å². The fourth-order valence-corrected chi connectivity index (χ4v) is 2.93. The number of urea groups is 1. The fraction of sp³-hybridized carbons (Fsp3) is 0.0417. The zero-order valence-electron chi connectivity index (χ0n) is 16.3. The molecule has 0 aliphatic heterocycles. The summed E-state index contributed by atoms with van der Waals surface area (Å²) in [7, 11) is 0. The van der Waals surface area contributed by atoms with Crippen LogP contribution in [-0.2, 0) is 0 Å². The Morgan fingerprint density at radius 3 is 2.00 bits per heavy atom. The predicted octanol–water partition coefficient (Wildman–Crippen LogP) is 5.90. The molecule has 5 nitrogen and oxygen atoms in total. The van der Waals surface area contributed by atoms with Gasteiger partial charge in [-0.3, -0.25) is 5.32 Å². The van der Waals surface area contributed by atoms with Gasteiger partial charge in [0.15, 0.2) is 0 Å². The van der Waals surface area contributed by atoms with Crippen LogP contribution in [0, 0.1) is 12.7 Å². The lowest BCUT2D eigenvalue weighted by Crippen LogP contribution is -2.21. The normalized spacial score (nSPS) is 10.5. The largest absolute Gasteiger partial charge is 0.326 e. The van der Waals surface area contributed by atoms with Crippen molar-refractivity contribution in [1.82, 2.24) is 9.97 Å². The first-order valence-corrected chi connectivity index (χ1v) is 9.42. The third-order valence-electron chi connectivity index (χ3n) is 4.47. The minimum Gasteiger partial charge on any atom is -0.308 e. The second kappa shape index (κ2) is 8.53. The minimum atomic E-state index is -0.512. The second-order valence-corrected chi connectivity index (χ2v) is 6.78. The predicted molar refractivity (Wildman–Crippen MR) is 117 cm³/mol. The average Bonchev–Trinajstić information content (AvgIpc) is 2.76. The van der Waals surface area contributed by atoms with Crippen molar-refractivity contribution in [1.29, 1.82) is 0 Å². The maximum absolute atomic E-state index is 13.1. The van der Waals surface area contributed by atoms with E-state index in [9.17, 15) is 9.18 Å². The summed E-state index contributed by atoms with van der Waals surface area (Å²) in [6, 6.07) is 24.6. The summed E-state index contributed by atoms with van der Waals surface area (Å²) in [5, 5.41) is 5.32. The number of hydrogen-bond acceptors (Lipinski definition) is 3. The Labute approximate surface area is 173 Å². The second-order valence-electron chi connectivity index (χ2n) is 6.78. The Bertz CT molecular complexity index is 1160. The number of carbonyl (C=O) groups is 1. The number of carbonyl (C=O) groups excluding carboxylic acids is 1. The molecule has 0 radical (unpaired) electrons. The number of nitrogens with one attached hydrogen (secondary N) is 2. The number of anilines is 2. The number of nitrogens with zero attached hydrogens (tertiary/aromatic N) is 2. The molecule has 3 aromatic carbocycles. The van der Waals surface area contributed by atoms with Crippen molar-refractivity contribution in [3.8, 4) is 22.5 Å². The highest BCUT2D eigenvalue weighted by Gasteiger charge is 2.11. The lowest BCUT2D eigenvalue weighted by molar-refractivity contribution is 0.262. The van der Waals surface area contributed by atoms with Crippen molar-refractivity contribution in [2.24, 2.45) is 0 Å². The first kappa shape index (κ1) is 19.3. The summed E-state index contributed by atoms with van der Waals surface area (Å²) >= 11 is 0. The molecule has 0 spiro atoms. The molecule has 148 valence electrons. The van der Waals surface area contributed by atoms with Crippen LogP contribution in [0.15, 0.2) is 84.9 Å². The molecule has 1 aromatic heterocycles. The maximum Gasteiger partial charge on any atom is 0.326 e.